The largest absolute Gasteiger partial charge is 0.478 e. The quantitative estimate of drug-likeness (QED) is 0.758. The van der Waals surface area contributed by atoms with E-state index in [1.54, 1.807) is 0 Å². The number of benzene rings is 2. The summed E-state index contributed by atoms with van der Waals surface area (Å²) < 4.78 is 28.9. The molecule has 1 aliphatic heterocycles. The Morgan fingerprint density at radius 1 is 1.19 bits per heavy atom. The van der Waals surface area contributed by atoms with Crippen LogP contribution in [0, 0.1) is 0 Å². The summed E-state index contributed by atoms with van der Waals surface area (Å²) in [5.74, 6) is -6.32. The standard InChI is InChI=1S/C18H11Cl2F2NO3/c19-12-6-10(7-13(20)8-12)9-23-16-11(4-5-15(24)25)2-1-3-14(16)18(21,22)17(23)26/h1-8H,9H2,(H,24,25)/b5-4+. The van der Waals surface area contributed by atoms with E-state index in [0.29, 0.717) is 15.6 Å². The smallest absolute Gasteiger partial charge is 0.352 e. The van der Waals surface area contributed by atoms with Crippen LogP contribution in [0.15, 0.2) is 42.5 Å². The molecule has 0 aromatic heterocycles. The molecule has 3 rings (SSSR count). The molecular formula is C18H11Cl2F2NO3. The van der Waals surface area contributed by atoms with Gasteiger partial charge in [-0.3, -0.25) is 4.79 Å². The summed E-state index contributed by atoms with van der Waals surface area (Å²) >= 11 is 11.9. The number of amides is 1. The molecule has 0 aliphatic carbocycles. The second kappa shape index (κ2) is 6.70. The summed E-state index contributed by atoms with van der Waals surface area (Å²) in [5, 5.41) is 9.42. The summed E-state index contributed by atoms with van der Waals surface area (Å²) in [6.07, 6.45) is 2.00. The van der Waals surface area contributed by atoms with E-state index >= 15 is 0 Å². The van der Waals surface area contributed by atoms with Crippen molar-refractivity contribution in [2.75, 3.05) is 4.90 Å². The summed E-state index contributed by atoms with van der Waals surface area (Å²) in [4.78, 5) is 24.0. The van der Waals surface area contributed by atoms with Crippen molar-refractivity contribution in [3.8, 4) is 0 Å². The van der Waals surface area contributed by atoms with Gasteiger partial charge in [0.2, 0.25) is 0 Å². The number of fused-ring (bicyclic) bond motifs is 1. The maximum absolute atomic E-state index is 14.4. The Bertz CT molecular complexity index is 924. The van der Waals surface area contributed by atoms with Gasteiger partial charge in [-0.15, -0.1) is 0 Å². The molecule has 0 fully saturated rings. The molecule has 1 N–H and O–H groups in total. The molecule has 0 saturated carbocycles. The third-order valence-corrected chi connectivity index (χ3v) is 4.29. The van der Waals surface area contributed by atoms with Gasteiger partial charge in [-0.2, -0.15) is 8.78 Å². The van der Waals surface area contributed by atoms with Crippen molar-refractivity contribution in [3.63, 3.8) is 0 Å². The molecule has 1 aliphatic rings. The number of hydrogen-bond acceptors (Lipinski definition) is 2. The Balaban J connectivity index is 2.11. The van der Waals surface area contributed by atoms with Crippen molar-refractivity contribution >= 4 is 46.8 Å². The van der Waals surface area contributed by atoms with E-state index in [9.17, 15) is 18.4 Å². The lowest BCUT2D eigenvalue weighted by molar-refractivity contribution is -0.141. The number of alkyl halides is 2. The zero-order chi connectivity index (χ0) is 19.1. The highest BCUT2D eigenvalue weighted by Gasteiger charge is 2.53. The number of carboxylic acid groups (broad SMARTS) is 1. The first-order chi connectivity index (χ1) is 12.2. The van der Waals surface area contributed by atoms with Gasteiger partial charge >= 0.3 is 17.8 Å². The predicted molar refractivity (Wildman–Crippen MR) is 94.7 cm³/mol. The Hall–Kier alpha value is -2.44. The first-order valence-corrected chi connectivity index (χ1v) is 8.15. The zero-order valence-corrected chi connectivity index (χ0v) is 14.6. The summed E-state index contributed by atoms with van der Waals surface area (Å²) in [7, 11) is 0. The Kier molecular flexibility index (Phi) is 4.73. The fourth-order valence-corrected chi connectivity index (χ4v) is 3.40. The topological polar surface area (TPSA) is 57.6 Å². The van der Waals surface area contributed by atoms with Gasteiger partial charge in [0.05, 0.1) is 17.8 Å². The molecule has 1 heterocycles. The molecule has 8 heteroatoms. The van der Waals surface area contributed by atoms with Gasteiger partial charge in [-0.05, 0) is 35.4 Å². The second-order valence-electron chi connectivity index (χ2n) is 5.66. The Morgan fingerprint density at radius 3 is 2.46 bits per heavy atom. The number of halogens is 4. The molecule has 2 aromatic rings. The SMILES string of the molecule is O=C(O)/C=C/c1cccc2c1N(Cc1cc(Cl)cc(Cl)c1)C(=O)C2(F)F. The van der Waals surface area contributed by atoms with Crippen molar-refractivity contribution in [1.29, 1.82) is 0 Å². The van der Waals surface area contributed by atoms with Crippen LogP contribution in [0.5, 0.6) is 0 Å². The summed E-state index contributed by atoms with van der Waals surface area (Å²) in [5.41, 5.74) is 0.166. The number of carbonyl (C=O) groups excluding carboxylic acids is 1. The number of carbonyl (C=O) groups is 2. The van der Waals surface area contributed by atoms with Crippen molar-refractivity contribution < 1.29 is 23.5 Å². The summed E-state index contributed by atoms with van der Waals surface area (Å²) in [6.45, 7) is -0.181. The van der Waals surface area contributed by atoms with Gasteiger partial charge in [0.25, 0.3) is 0 Å². The fraction of sp³-hybridized carbons (Fsp3) is 0.111. The average Bonchev–Trinajstić information content (AvgIpc) is 2.73. The maximum Gasteiger partial charge on any atom is 0.352 e. The normalized spacial score (nSPS) is 15.5. The van der Waals surface area contributed by atoms with E-state index in [0.717, 1.165) is 17.0 Å². The molecule has 0 saturated heterocycles. The van der Waals surface area contributed by atoms with Gasteiger partial charge in [-0.1, -0.05) is 41.4 Å². The number of nitrogens with zero attached hydrogens (tertiary/aromatic N) is 1. The minimum absolute atomic E-state index is 0.0314. The van der Waals surface area contributed by atoms with Crippen LogP contribution in [-0.4, -0.2) is 17.0 Å². The van der Waals surface area contributed by atoms with Gasteiger partial charge < -0.3 is 10.0 Å². The van der Waals surface area contributed by atoms with Crippen LogP contribution >= 0.6 is 23.2 Å². The third kappa shape index (κ3) is 3.30. The van der Waals surface area contributed by atoms with E-state index in [1.807, 2.05) is 0 Å². The molecule has 0 bridgehead atoms. The van der Waals surface area contributed by atoms with E-state index < -0.39 is 23.4 Å². The monoisotopic (exact) mass is 397 g/mol. The van der Waals surface area contributed by atoms with Gasteiger partial charge in [-0.25, -0.2) is 4.79 Å². The number of rotatable bonds is 4. The van der Waals surface area contributed by atoms with E-state index in [1.165, 1.54) is 36.4 Å². The van der Waals surface area contributed by atoms with Crippen LogP contribution in [0.1, 0.15) is 16.7 Å². The average molecular weight is 398 g/mol. The molecule has 2 aromatic carbocycles. The number of carboxylic acids is 1. The van der Waals surface area contributed by atoms with Crippen LogP contribution in [0.2, 0.25) is 10.0 Å². The molecule has 4 nitrogen and oxygen atoms in total. The maximum atomic E-state index is 14.4. The Morgan fingerprint density at radius 2 is 1.85 bits per heavy atom. The lowest BCUT2D eigenvalue weighted by Gasteiger charge is -2.19. The number of aliphatic carboxylic acids is 1. The van der Waals surface area contributed by atoms with E-state index in [-0.39, 0.29) is 17.8 Å². The lowest BCUT2D eigenvalue weighted by atomic mass is 10.0. The second-order valence-corrected chi connectivity index (χ2v) is 6.53. The third-order valence-electron chi connectivity index (χ3n) is 3.86. The highest BCUT2D eigenvalue weighted by molar-refractivity contribution is 6.34. The van der Waals surface area contributed by atoms with Crippen molar-refractivity contribution in [2.24, 2.45) is 0 Å². The zero-order valence-electron chi connectivity index (χ0n) is 13.0. The van der Waals surface area contributed by atoms with Crippen molar-refractivity contribution in [2.45, 2.75) is 12.5 Å². The summed E-state index contributed by atoms with van der Waals surface area (Å²) in [6, 6.07) is 8.49. The minimum Gasteiger partial charge on any atom is -0.478 e. The van der Waals surface area contributed by atoms with Gasteiger partial charge in [0.1, 0.15) is 0 Å². The molecule has 26 heavy (non-hydrogen) atoms. The molecule has 134 valence electrons. The first kappa shape index (κ1) is 18.4. The lowest BCUT2D eigenvalue weighted by Crippen LogP contribution is -2.34. The van der Waals surface area contributed by atoms with Crippen LogP contribution in [0.3, 0.4) is 0 Å². The van der Waals surface area contributed by atoms with E-state index in [2.05, 4.69) is 0 Å². The van der Waals surface area contributed by atoms with Gasteiger partial charge in [0, 0.05) is 16.1 Å². The Labute approximate surface area is 157 Å². The van der Waals surface area contributed by atoms with Crippen LogP contribution in [0.25, 0.3) is 6.08 Å². The van der Waals surface area contributed by atoms with Crippen LogP contribution in [-0.2, 0) is 22.1 Å². The minimum atomic E-state index is -3.70. The van der Waals surface area contributed by atoms with Crippen LogP contribution < -0.4 is 4.90 Å². The molecule has 0 unspecified atom stereocenters. The molecule has 0 radical (unpaired) electrons. The highest BCUT2D eigenvalue weighted by atomic mass is 35.5. The number of anilines is 1. The van der Waals surface area contributed by atoms with Crippen LogP contribution in [0.4, 0.5) is 14.5 Å². The molecule has 0 atom stereocenters. The van der Waals surface area contributed by atoms with Crippen molar-refractivity contribution in [3.05, 3.63) is 69.2 Å². The molecule has 1 amide bonds. The van der Waals surface area contributed by atoms with Gasteiger partial charge in [0.15, 0.2) is 0 Å². The van der Waals surface area contributed by atoms with Crippen molar-refractivity contribution in [1.82, 2.24) is 0 Å². The number of para-hydroxylation sites is 1. The first-order valence-electron chi connectivity index (χ1n) is 7.39. The predicted octanol–water partition coefficient (Wildman–Crippen LogP) is 4.73. The highest BCUT2D eigenvalue weighted by Crippen LogP contribution is 2.47. The molecular weight excluding hydrogens is 387 g/mol. The molecule has 0 spiro atoms. The van der Waals surface area contributed by atoms with E-state index in [4.69, 9.17) is 28.3 Å². The number of hydrogen-bond donors (Lipinski definition) is 1. The fourth-order valence-electron chi connectivity index (χ4n) is 2.83.